The van der Waals surface area contributed by atoms with E-state index >= 15 is 0 Å². The van der Waals surface area contributed by atoms with Crippen LogP contribution >= 0.6 is 0 Å². The Bertz CT molecular complexity index is 1120. The number of hydrogen-bond donors (Lipinski definition) is 1. The van der Waals surface area contributed by atoms with Crippen LogP contribution in [0.1, 0.15) is 39.8 Å². The minimum atomic E-state index is 0.950. The molecular weight excluding hydrogens is 388 g/mol. The number of benzene rings is 3. The van der Waals surface area contributed by atoms with Crippen molar-refractivity contribution in [2.24, 2.45) is 5.73 Å². The summed E-state index contributed by atoms with van der Waals surface area (Å²) in [4.78, 5) is 2.52. The molecule has 0 atom stereocenters. The lowest BCUT2D eigenvalue weighted by Crippen LogP contribution is -2.24. The van der Waals surface area contributed by atoms with Crippen molar-refractivity contribution in [1.29, 1.82) is 0 Å². The normalized spacial score (nSPS) is 13.0. The first-order chi connectivity index (χ1) is 15.5. The van der Waals surface area contributed by atoms with Gasteiger partial charge in [-0.25, -0.2) is 0 Å². The van der Waals surface area contributed by atoms with E-state index in [4.69, 9.17) is 0 Å². The summed E-state index contributed by atoms with van der Waals surface area (Å²) in [6.07, 6.45) is 9.20. The number of aryl methyl sites for hydroxylation is 3. The highest BCUT2D eigenvalue weighted by Crippen LogP contribution is 2.33. The van der Waals surface area contributed by atoms with Crippen molar-refractivity contribution >= 4 is 17.3 Å². The number of hydrogen-bond acceptors (Lipinski definition) is 2. The number of fused-ring (bicyclic) bond motifs is 1. The fourth-order valence-electron chi connectivity index (χ4n) is 3.97. The van der Waals surface area contributed by atoms with Crippen LogP contribution in [-0.4, -0.2) is 6.54 Å². The molecule has 0 bridgehead atoms. The molecule has 2 heteroatoms. The van der Waals surface area contributed by atoms with Crippen LogP contribution in [0, 0.1) is 20.8 Å². The van der Waals surface area contributed by atoms with Crippen molar-refractivity contribution in [1.82, 2.24) is 0 Å². The molecule has 0 aromatic heterocycles. The third-order valence-electron chi connectivity index (χ3n) is 5.93. The quantitative estimate of drug-likeness (QED) is 0.481. The zero-order valence-electron chi connectivity index (χ0n) is 19.5. The molecule has 0 fully saturated rings. The van der Waals surface area contributed by atoms with Gasteiger partial charge in [-0.2, -0.15) is 0 Å². The van der Waals surface area contributed by atoms with Gasteiger partial charge in [0.1, 0.15) is 0 Å². The number of nitrogens with two attached hydrogens (primary N) is 1. The summed E-state index contributed by atoms with van der Waals surface area (Å²) in [6, 6.07) is 24.2. The van der Waals surface area contributed by atoms with Crippen molar-refractivity contribution in [3.8, 4) is 0 Å². The number of para-hydroxylation sites is 1. The predicted molar refractivity (Wildman–Crippen MR) is 141 cm³/mol. The monoisotopic (exact) mass is 422 g/mol. The Balaban J connectivity index is 0.000000913. The number of allylic oxidation sites excluding steroid dienone is 2. The average Bonchev–Trinajstić information content (AvgIpc) is 2.96. The zero-order chi connectivity index (χ0) is 22.9. The largest absolute Gasteiger partial charge is 0.405 e. The van der Waals surface area contributed by atoms with Gasteiger partial charge >= 0.3 is 0 Å². The van der Waals surface area contributed by atoms with Gasteiger partial charge in [-0.05, 0) is 72.8 Å². The summed E-state index contributed by atoms with van der Waals surface area (Å²) >= 11 is 0. The molecule has 1 aliphatic rings. The third-order valence-corrected chi connectivity index (χ3v) is 5.93. The zero-order valence-corrected chi connectivity index (χ0v) is 19.5. The lowest BCUT2D eigenvalue weighted by atomic mass is 10.0. The lowest BCUT2D eigenvalue weighted by molar-refractivity contribution is 0.795. The molecule has 3 aromatic carbocycles. The van der Waals surface area contributed by atoms with E-state index in [9.17, 15) is 0 Å². The molecule has 4 rings (SSSR count). The topological polar surface area (TPSA) is 29.3 Å². The molecule has 0 aliphatic carbocycles. The first-order valence-electron chi connectivity index (χ1n) is 11.2. The molecule has 0 amide bonds. The van der Waals surface area contributed by atoms with Crippen LogP contribution in [0.3, 0.4) is 0 Å². The Labute approximate surface area is 193 Å². The van der Waals surface area contributed by atoms with Crippen LogP contribution in [0.2, 0.25) is 0 Å². The molecule has 0 spiro atoms. The SMILES string of the molecule is C=CN.Cc1ccc(/C=C/C2=CCCN(Cc3ccccc3C)c3ccccc32)cc1C. The lowest BCUT2D eigenvalue weighted by Gasteiger charge is -2.26. The van der Waals surface area contributed by atoms with Crippen molar-refractivity contribution < 1.29 is 0 Å². The summed E-state index contributed by atoms with van der Waals surface area (Å²) in [5, 5.41) is 0. The highest BCUT2D eigenvalue weighted by atomic mass is 15.1. The van der Waals surface area contributed by atoms with Gasteiger partial charge in [0.05, 0.1) is 0 Å². The van der Waals surface area contributed by atoms with E-state index in [2.05, 4.69) is 123 Å². The summed E-state index contributed by atoms with van der Waals surface area (Å²) < 4.78 is 0. The molecule has 0 unspecified atom stereocenters. The van der Waals surface area contributed by atoms with Gasteiger partial charge in [-0.1, -0.05) is 85.5 Å². The second-order valence-electron chi connectivity index (χ2n) is 8.23. The van der Waals surface area contributed by atoms with Crippen LogP contribution in [0.15, 0.2) is 91.7 Å². The van der Waals surface area contributed by atoms with E-state index in [1.54, 1.807) is 0 Å². The van der Waals surface area contributed by atoms with Gasteiger partial charge in [0.15, 0.2) is 0 Å². The maximum absolute atomic E-state index is 4.61. The molecule has 2 N–H and O–H groups in total. The Hall–Kier alpha value is -3.52. The summed E-state index contributed by atoms with van der Waals surface area (Å²) in [5.74, 6) is 0. The summed E-state index contributed by atoms with van der Waals surface area (Å²) in [5.41, 5.74) is 15.3. The van der Waals surface area contributed by atoms with Crippen LogP contribution < -0.4 is 10.6 Å². The first kappa shape index (κ1) is 23.1. The molecule has 3 aromatic rings. The van der Waals surface area contributed by atoms with E-state index in [-0.39, 0.29) is 0 Å². The molecule has 1 aliphatic heterocycles. The average molecular weight is 423 g/mol. The first-order valence-corrected chi connectivity index (χ1v) is 11.2. The maximum atomic E-state index is 4.61. The number of anilines is 1. The van der Waals surface area contributed by atoms with E-state index < -0.39 is 0 Å². The molecule has 0 saturated heterocycles. The second-order valence-corrected chi connectivity index (χ2v) is 8.23. The predicted octanol–water partition coefficient (Wildman–Crippen LogP) is 7.21. The second kappa shape index (κ2) is 11.2. The Morgan fingerprint density at radius 3 is 2.34 bits per heavy atom. The van der Waals surface area contributed by atoms with E-state index in [1.165, 1.54) is 50.8 Å². The molecule has 164 valence electrons. The summed E-state index contributed by atoms with van der Waals surface area (Å²) in [7, 11) is 0. The van der Waals surface area contributed by atoms with Crippen LogP contribution in [0.5, 0.6) is 0 Å². The summed E-state index contributed by atoms with van der Waals surface area (Å²) in [6.45, 7) is 11.7. The molecule has 0 radical (unpaired) electrons. The molecule has 1 heterocycles. The highest BCUT2D eigenvalue weighted by Gasteiger charge is 2.16. The van der Waals surface area contributed by atoms with Crippen molar-refractivity contribution in [2.75, 3.05) is 11.4 Å². The van der Waals surface area contributed by atoms with Gasteiger partial charge in [-0.3, -0.25) is 0 Å². The van der Waals surface area contributed by atoms with Crippen LogP contribution in [0.4, 0.5) is 5.69 Å². The van der Waals surface area contributed by atoms with Gasteiger partial charge in [-0.15, -0.1) is 0 Å². The van der Waals surface area contributed by atoms with Crippen molar-refractivity contribution in [3.05, 3.63) is 125 Å². The van der Waals surface area contributed by atoms with Crippen molar-refractivity contribution in [2.45, 2.75) is 33.7 Å². The molecule has 32 heavy (non-hydrogen) atoms. The van der Waals surface area contributed by atoms with E-state index in [0.717, 1.165) is 19.5 Å². The minimum Gasteiger partial charge on any atom is -0.405 e. The van der Waals surface area contributed by atoms with Crippen molar-refractivity contribution in [3.63, 3.8) is 0 Å². The van der Waals surface area contributed by atoms with Crippen LogP contribution in [-0.2, 0) is 6.54 Å². The minimum absolute atomic E-state index is 0.950. The fourth-order valence-corrected chi connectivity index (χ4v) is 3.97. The maximum Gasteiger partial charge on any atom is 0.0448 e. The number of nitrogens with zero attached hydrogens (tertiary/aromatic N) is 1. The molecular formula is C30H34N2. The van der Waals surface area contributed by atoms with Crippen LogP contribution in [0.25, 0.3) is 11.6 Å². The van der Waals surface area contributed by atoms with Gasteiger partial charge in [0, 0.05) is 24.3 Å². The Morgan fingerprint density at radius 2 is 1.59 bits per heavy atom. The standard InChI is InChI=1S/C28H29N.C2H5N/c1-21-14-15-24(19-23(21)3)16-17-25-11-8-18-29(28-13-7-6-12-27(25)28)20-26-10-5-4-9-22(26)2;1-2-3/h4-7,9-17,19H,8,18,20H2,1-3H3;2H,1,3H2/b17-16+;. The van der Waals surface area contributed by atoms with Gasteiger partial charge in [0.2, 0.25) is 0 Å². The van der Waals surface area contributed by atoms with E-state index in [0.29, 0.717) is 0 Å². The fraction of sp³-hybridized carbons (Fsp3) is 0.200. The van der Waals surface area contributed by atoms with E-state index in [1.807, 2.05) is 0 Å². The Kier molecular flexibility index (Phi) is 8.10. The third kappa shape index (κ3) is 5.79. The Morgan fingerprint density at radius 1 is 0.875 bits per heavy atom. The highest BCUT2D eigenvalue weighted by molar-refractivity contribution is 5.86. The smallest absolute Gasteiger partial charge is 0.0448 e. The molecule has 2 nitrogen and oxygen atoms in total. The number of rotatable bonds is 4. The molecule has 0 saturated carbocycles. The van der Waals surface area contributed by atoms with Gasteiger partial charge < -0.3 is 10.6 Å². The van der Waals surface area contributed by atoms with Gasteiger partial charge in [0.25, 0.3) is 0 Å².